The molecule has 0 spiro atoms. The molecular formula is C22H22N4O. The van der Waals surface area contributed by atoms with E-state index < -0.39 is 0 Å². The SMILES string of the molecule is C=CC=N/C=C(\C)c1cc(Cc2cnc(-c3ccnc(C)c3)c(C)c2)no1. The van der Waals surface area contributed by atoms with Crippen LogP contribution in [0.3, 0.4) is 0 Å². The van der Waals surface area contributed by atoms with Gasteiger partial charge in [0.05, 0.1) is 11.4 Å². The van der Waals surface area contributed by atoms with Gasteiger partial charge in [-0.3, -0.25) is 15.0 Å². The van der Waals surface area contributed by atoms with Crippen molar-refractivity contribution < 1.29 is 4.52 Å². The molecule has 0 atom stereocenters. The fourth-order valence-corrected chi connectivity index (χ4v) is 2.79. The molecule has 3 rings (SSSR count). The van der Waals surface area contributed by atoms with E-state index >= 15 is 0 Å². The first-order valence-electron chi connectivity index (χ1n) is 8.72. The van der Waals surface area contributed by atoms with Crippen molar-refractivity contribution in [2.45, 2.75) is 27.2 Å². The molecule has 0 radical (unpaired) electrons. The number of aryl methyl sites for hydroxylation is 2. The van der Waals surface area contributed by atoms with Crippen molar-refractivity contribution in [3.63, 3.8) is 0 Å². The van der Waals surface area contributed by atoms with Gasteiger partial charge in [0, 0.05) is 54.1 Å². The predicted molar refractivity (Wildman–Crippen MR) is 109 cm³/mol. The van der Waals surface area contributed by atoms with E-state index in [1.807, 2.05) is 44.4 Å². The maximum Gasteiger partial charge on any atom is 0.164 e. The highest BCUT2D eigenvalue weighted by Crippen LogP contribution is 2.23. The van der Waals surface area contributed by atoms with Crippen molar-refractivity contribution >= 4 is 11.8 Å². The van der Waals surface area contributed by atoms with Crippen LogP contribution in [0.5, 0.6) is 0 Å². The molecule has 0 fully saturated rings. The van der Waals surface area contributed by atoms with Crippen LogP contribution in [0.15, 0.2) is 65.0 Å². The number of aliphatic imine (C=N–C) groups is 1. The zero-order valence-corrected chi connectivity index (χ0v) is 15.8. The fourth-order valence-electron chi connectivity index (χ4n) is 2.79. The number of pyridine rings is 2. The quantitative estimate of drug-likeness (QED) is 0.584. The summed E-state index contributed by atoms with van der Waals surface area (Å²) in [5.41, 5.74) is 7.02. The molecule has 0 aliphatic heterocycles. The molecule has 5 nitrogen and oxygen atoms in total. The van der Waals surface area contributed by atoms with Gasteiger partial charge in [0.2, 0.25) is 0 Å². The lowest BCUT2D eigenvalue weighted by Crippen LogP contribution is -1.95. The summed E-state index contributed by atoms with van der Waals surface area (Å²) in [4.78, 5) is 13.0. The molecule has 5 heteroatoms. The lowest BCUT2D eigenvalue weighted by molar-refractivity contribution is 0.404. The average Bonchev–Trinajstić information content (AvgIpc) is 3.10. The molecule has 136 valence electrons. The first kappa shape index (κ1) is 18.5. The van der Waals surface area contributed by atoms with Crippen molar-refractivity contribution in [2.75, 3.05) is 0 Å². The largest absolute Gasteiger partial charge is 0.356 e. The Morgan fingerprint density at radius 1 is 1.22 bits per heavy atom. The number of nitrogens with zero attached hydrogens (tertiary/aromatic N) is 4. The van der Waals surface area contributed by atoms with Gasteiger partial charge in [0.15, 0.2) is 5.76 Å². The van der Waals surface area contributed by atoms with Gasteiger partial charge in [-0.15, -0.1) is 0 Å². The Labute approximate surface area is 159 Å². The molecular weight excluding hydrogens is 336 g/mol. The van der Waals surface area contributed by atoms with Crippen LogP contribution < -0.4 is 0 Å². The average molecular weight is 358 g/mol. The Hall–Kier alpha value is -3.34. The second kappa shape index (κ2) is 8.36. The van der Waals surface area contributed by atoms with E-state index in [4.69, 9.17) is 4.52 Å². The fraction of sp³-hybridized carbons (Fsp3) is 0.182. The van der Waals surface area contributed by atoms with Gasteiger partial charge in [-0.05, 0) is 44.0 Å². The van der Waals surface area contributed by atoms with Gasteiger partial charge >= 0.3 is 0 Å². The number of hydrogen-bond acceptors (Lipinski definition) is 5. The molecule has 0 saturated heterocycles. The van der Waals surface area contributed by atoms with E-state index in [1.165, 1.54) is 0 Å². The minimum atomic E-state index is 0.663. The summed E-state index contributed by atoms with van der Waals surface area (Å²) < 4.78 is 5.42. The Balaban J connectivity index is 1.77. The zero-order chi connectivity index (χ0) is 19.2. The van der Waals surface area contributed by atoms with Gasteiger partial charge < -0.3 is 4.52 Å². The van der Waals surface area contributed by atoms with Crippen molar-refractivity contribution in [2.24, 2.45) is 4.99 Å². The van der Waals surface area contributed by atoms with Gasteiger partial charge in [0.1, 0.15) is 0 Å². The van der Waals surface area contributed by atoms with E-state index in [2.05, 4.69) is 39.7 Å². The molecule has 0 aliphatic carbocycles. The second-order valence-corrected chi connectivity index (χ2v) is 6.40. The minimum Gasteiger partial charge on any atom is -0.356 e. The van der Waals surface area contributed by atoms with E-state index in [-0.39, 0.29) is 0 Å². The van der Waals surface area contributed by atoms with Crippen LogP contribution in [-0.2, 0) is 6.42 Å². The van der Waals surface area contributed by atoms with Gasteiger partial charge in [0.25, 0.3) is 0 Å². The van der Waals surface area contributed by atoms with E-state index in [1.54, 1.807) is 18.5 Å². The molecule has 0 N–H and O–H groups in total. The molecule has 0 aromatic carbocycles. The predicted octanol–water partition coefficient (Wildman–Crippen LogP) is 4.96. The summed E-state index contributed by atoms with van der Waals surface area (Å²) in [6.07, 6.45) is 9.34. The van der Waals surface area contributed by atoms with Gasteiger partial charge in [-0.2, -0.15) is 0 Å². The molecule has 27 heavy (non-hydrogen) atoms. The smallest absolute Gasteiger partial charge is 0.164 e. The standard InChI is InChI=1S/C22H22N4O/c1-5-7-23-13-16(3)21-12-20(26-27-21)11-18-9-15(2)22(25-14-18)19-6-8-24-17(4)10-19/h5-10,12-14H,1,11H2,2-4H3/b16-13+,23-7?. The summed E-state index contributed by atoms with van der Waals surface area (Å²) in [5, 5.41) is 4.16. The Bertz CT molecular complexity index is 1010. The number of aromatic nitrogens is 3. The molecule has 0 bridgehead atoms. The third kappa shape index (κ3) is 4.64. The number of hydrogen-bond donors (Lipinski definition) is 0. The van der Waals surface area contributed by atoms with E-state index in [0.717, 1.165) is 39.3 Å². The monoisotopic (exact) mass is 358 g/mol. The summed E-state index contributed by atoms with van der Waals surface area (Å²) in [6.45, 7) is 9.58. The molecule has 0 amide bonds. The van der Waals surface area contributed by atoms with Crippen LogP contribution in [0.1, 0.15) is 35.2 Å². The van der Waals surface area contributed by atoms with Crippen LogP contribution >= 0.6 is 0 Å². The topological polar surface area (TPSA) is 64.2 Å². The van der Waals surface area contributed by atoms with Crippen LogP contribution in [-0.4, -0.2) is 21.3 Å². The normalized spacial score (nSPS) is 11.9. The van der Waals surface area contributed by atoms with Crippen molar-refractivity contribution in [3.8, 4) is 11.3 Å². The molecule has 3 aromatic rings. The summed E-state index contributed by atoms with van der Waals surface area (Å²) >= 11 is 0. The zero-order valence-electron chi connectivity index (χ0n) is 15.8. The van der Waals surface area contributed by atoms with E-state index in [9.17, 15) is 0 Å². The summed E-state index contributed by atoms with van der Waals surface area (Å²) in [6, 6.07) is 8.10. The van der Waals surface area contributed by atoms with Crippen molar-refractivity contribution in [3.05, 3.63) is 83.8 Å². The molecule has 3 heterocycles. The third-order valence-corrected chi connectivity index (χ3v) is 4.10. The second-order valence-electron chi connectivity index (χ2n) is 6.40. The first-order valence-corrected chi connectivity index (χ1v) is 8.72. The lowest BCUT2D eigenvalue weighted by atomic mass is 10.0. The maximum atomic E-state index is 5.42. The highest BCUT2D eigenvalue weighted by atomic mass is 16.5. The van der Waals surface area contributed by atoms with Crippen LogP contribution in [0.2, 0.25) is 0 Å². The molecule has 3 aromatic heterocycles. The Morgan fingerprint density at radius 2 is 2.07 bits per heavy atom. The minimum absolute atomic E-state index is 0.663. The number of allylic oxidation sites excluding steroid dienone is 2. The maximum absolute atomic E-state index is 5.42. The van der Waals surface area contributed by atoms with Gasteiger partial charge in [-0.1, -0.05) is 23.9 Å². The highest BCUT2D eigenvalue weighted by molar-refractivity contribution is 5.72. The molecule has 0 saturated carbocycles. The lowest BCUT2D eigenvalue weighted by Gasteiger charge is -2.07. The Kier molecular flexibility index (Phi) is 5.71. The van der Waals surface area contributed by atoms with Crippen molar-refractivity contribution in [1.82, 2.24) is 15.1 Å². The first-order chi connectivity index (χ1) is 13.1. The number of rotatable bonds is 6. The molecule has 0 unspecified atom stereocenters. The van der Waals surface area contributed by atoms with Crippen LogP contribution in [0.25, 0.3) is 16.8 Å². The highest BCUT2D eigenvalue weighted by Gasteiger charge is 2.10. The molecule has 0 aliphatic rings. The van der Waals surface area contributed by atoms with E-state index in [0.29, 0.717) is 12.2 Å². The van der Waals surface area contributed by atoms with Crippen LogP contribution in [0.4, 0.5) is 0 Å². The summed E-state index contributed by atoms with van der Waals surface area (Å²) in [7, 11) is 0. The Morgan fingerprint density at radius 3 is 2.81 bits per heavy atom. The van der Waals surface area contributed by atoms with Gasteiger partial charge in [-0.25, -0.2) is 0 Å². The van der Waals surface area contributed by atoms with Crippen LogP contribution in [0, 0.1) is 13.8 Å². The third-order valence-electron chi connectivity index (χ3n) is 4.10. The van der Waals surface area contributed by atoms with Crippen molar-refractivity contribution in [1.29, 1.82) is 0 Å². The summed E-state index contributed by atoms with van der Waals surface area (Å²) in [5.74, 6) is 0.708.